The van der Waals surface area contributed by atoms with Crippen molar-refractivity contribution in [3.05, 3.63) is 71.8 Å². The second kappa shape index (κ2) is 6.06. The third-order valence-electron chi connectivity index (χ3n) is 7.33. The molecule has 4 aliphatic carbocycles. The molecule has 0 N–H and O–H groups in total. The molecule has 124 valence electrons. The first-order valence-electron chi connectivity index (χ1n) is 9.96. The van der Waals surface area contributed by atoms with Crippen LogP contribution >= 0.6 is 0 Å². The van der Waals surface area contributed by atoms with Crippen molar-refractivity contribution >= 4 is 0 Å². The van der Waals surface area contributed by atoms with Crippen molar-refractivity contribution in [1.29, 1.82) is 0 Å². The van der Waals surface area contributed by atoms with Crippen LogP contribution in [0.1, 0.15) is 55.6 Å². The third kappa shape index (κ3) is 2.61. The van der Waals surface area contributed by atoms with Crippen molar-refractivity contribution in [2.45, 2.75) is 44.4 Å². The zero-order valence-corrected chi connectivity index (χ0v) is 14.5. The molecule has 0 radical (unpaired) electrons. The van der Waals surface area contributed by atoms with Crippen molar-refractivity contribution in [3.8, 4) is 0 Å². The topological polar surface area (TPSA) is 0 Å². The van der Waals surface area contributed by atoms with Crippen molar-refractivity contribution in [2.24, 2.45) is 29.6 Å². The van der Waals surface area contributed by atoms with E-state index in [1.54, 1.807) is 6.42 Å². The van der Waals surface area contributed by atoms with E-state index in [1.807, 2.05) is 0 Å². The summed E-state index contributed by atoms with van der Waals surface area (Å²) in [5.41, 5.74) is 3.02. The van der Waals surface area contributed by atoms with Gasteiger partial charge < -0.3 is 0 Å². The fourth-order valence-electron chi connectivity index (χ4n) is 6.53. The maximum Gasteiger partial charge on any atom is 0.00921 e. The van der Waals surface area contributed by atoms with Gasteiger partial charge in [0, 0.05) is 5.92 Å². The Balaban J connectivity index is 1.45. The Morgan fingerprint density at radius 3 is 1.54 bits per heavy atom. The molecule has 0 spiro atoms. The molecule has 0 nitrogen and oxygen atoms in total. The third-order valence-corrected chi connectivity index (χ3v) is 7.33. The predicted octanol–water partition coefficient (Wildman–Crippen LogP) is 6.28. The summed E-state index contributed by atoms with van der Waals surface area (Å²) in [6.45, 7) is 0. The van der Waals surface area contributed by atoms with Gasteiger partial charge in [0.05, 0.1) is 0 Å². The Kier molecular flexibility index (Phi) is 3.73. The smallest absolute Gasteiger partial charge is 0.00921 e. The highest BCUT2D eigenvalue weighted by atomic mass is 14.5. The maximum atomic E-state index is 2.34. The van der Waals surface area contributed by atoms with Crippen LogP contribution in [0.3, 0.4) is 0 Å². The summed E-state index contributed by atoms with van der Waals surface area (Å²) in [5, 5.41) is 0. The van der Waals surface area contributed by atoms with Gasteiger partial charge in [0.1, 0.15) is 0 Å². The highest BCUT2D eigenvalue weighted by molar-refractivity contribution is 5.32. The highest BCUT2D eigenvalue weighted by Crippen LogP contribution is 2.58. The van der Waals surface area contributed by atoms with Gasteiger partial charge in [-0.25, -0.2) is 0 Å². The Labute approximate surface area is 146 Å². The molecule has 2 aromatic carbocycles. The van der Waals surface area contributed by atoms with E-state index in [0.29, 0.717) is 5.92 Å². The molecule has 0 aromatic heterocycles. The van der Waals surface area contributed by atoms with Gasteiger partial charge in [-0.05, 0) is 79.2 Å². The van der Waals surface area contributed by atoms with Gasteiger partial charge in [0.2, 0.25) is 0 Å². The van der Waals surface area contributed by atoms with Crippen LogP contribution in [0.4, 0.5) is 0 Å². The normalized spacial score (nSPS) is 34.0. The number of rotatable bonds is 4. The molecule has 0 heteroatoms. The average Bonchev–Trinajstić information content (AvgIpc) is 2.62. The van der Waals surface area contributed by atoms with Crippen LogP contribution in [0, 0.1) is 29.6 Å². The Hall–Kier alpha value is -1.56. The van der Waals surface area contributed by atoms with Gasteiger partial charge in [-0.2, -0.15) is 0 Å². The molecule has 4 bridgehead atoms. The zero-order valence-electron chi connectivity index (χ0n) is 14.5. The standard InChI is InChI=1S/C24H28/c1-3-7-19(8-4-1)23(20-9-5-2-6-10-20)16-24-21-12-17-11-18(14-21)15-22(24)13-17/h1-10,17-18,21-24H,11-16H2. The van der Waals surface area contributed by atoms with Crippen molar-refractivity contribution < 1.29 is 0 Å². The molecule has 4 fully saturated rings. The summed E-state index contributed by atoms with van der Waals surface area (Å²) in [6, 6.07) is 22.5. The molecule has 0 unspecified atom stereocenters. The van der Waals surface area contributed by atoms with E-state index in [-0.39, 0.29) is 0 Å². The van der Waals surface area contributed by atoms with Crippen LogP contribution in [0.25, 0.3) is 0 Å². The van der Waals surface area contributed by atoms with E-state index in [4.69, 9.17) is 0 Å². The van der Waals surface area contributed by atoms with Gasteiger partial charge in [-0.1, -0.05) is 60.7 Å². The quantitative estimate of drug-likeness (QED) is 0.622. The summed E-state index contributed by atoms with van der Waals surface area (Å²) >= 11 is 0. The summed E-state index contributed by atoms with van der Waals surface area (Å²) in [7, 11) is 0. The molecule has 0 aliphatic heterocycles. The van der Waals surface area contributed by atoms with E-state index < -0.39 is 0 Å². The van der Waals surface area contributed by atoms with Gasteiger partial charge in [-0.3, -0.25) is 0 Å². The summed E-state index contributed by atoms with van der Waals surface area (Å²) in [4.78, 5) is 0. The van der Waals surface area contributed by atoms with Gasteiger partial charge in [-0.15, -0.1) is 0 Å². The van der Waals surface area contributed by atoms with Crippen LogP contribution in [0.5, 0.6) is 0 Å². The van der Waals surface area contributed by atoms with Crippen LogP contribution in [-0.2, 0) is 0 Å². The minimum absolute atomic E-state index is 0.579. The van der Waals surface area contributed by atoms with Crippen LogP contribution < -0.4 is 0 Å². The second-order valence-corrected chi connectivity index (χ2v) is 8.70. The average molecular weight is 316 g/mol. The molecular formula is C24H28. The Morgan fingerprint density at radius 1 is 0.625 bits per heavy atom. The van der Waals surface area contributed by atoms with Crippen molar-refractivity contribution in [3.63, 3.8) is 0 Å². The van der Waals surface area contributed by atoms with E-state index >= 15 is 0 Å². The molecule has 0 saturated heterocycles. The van der Waals surface area contributed by atoms with E-state index in [9.17, 15) is 0 Å². The molecular weight excluding hydrogens is 288 g/mol. The van der Waals surface area contributed by atoms with Gasteiger partial charge in [0.15, 0.2) is 0 Å². The predicted molar refractivity (Wildman–Crippen MR) is 99.9 cm³/mol. The minimum atomic E-state index is 0.579. The molecule has 0 atom stereocenters. The first-order chi connectivity index (χ1) is 11.9. The SMILES string of the molecule is c1ccc(C(CC2C3CC4CC(C3)CC2C4)c2ccccc2)cc1. The van der Waals surface area contributed by atoms with Crippen molar-refractivity contribution in [2.75, 3.05) is 0 Å². The lowest BCUT2D eigenvalue weighted by Crippen LogP contribution is -2.45. The fourth-order valence-corrected chi connectivity index (χ4v) is 6.53. The van der Waals surface area contributed by atoms with Gasteiger partial charge >= 0.3 is 0 Å². The van der Waals surface area contributed by atoms with E-state index in [1.165, 1.54) is 43.2 Å². The lowest BCUT2D eigenvalue weighted by molar-refractivity contribution is -0.0410. The first-order valence-corrected chi connectivity index (χ1v) is 9.96. The molecule has 4 saturated carbocycles. The van der Waals surface area contributed by atoms with Gasteiger partial charge in [0.25, 0.3) is 0 Å². The van der Waals surface area contributed by atoms with E-state index in [2.05, 4.69) is 60.7 Å². The zero-order chi connectivity index (χ0) is 15.9. The second-order valence-electron chi connectivity index (χ2n) is 8.70. The number of hydrogen-bond acceptors (Lipinski definition) is 0. The summed E-state index contributed by atoms with van der Waals surface area (Å²) < 4.78 is 0. The fraction of sp³-hybridized carbons (Fsp3) is 0.500. The van der Waals surface area contributed by atoms with Crippen LogP contribution in [0.15, 0.2) is 60.7 Å². The lowest BCUT2D eigenvalue weighted by atomic mass is 9.50. The molecule has 2 aromatic rings. The highest BCUT2D eigenvalue weighted by Gasteiger charge is 2.48. The molecule has 0 heterocycles. The number of benzene rings is 2. The van der Waals surface area contributed by atoms with Crippen LogP contribution in [-0.4, -0.2) is 0 Å². The largest absolute Gasteiger partial charge is 0.0622 e. The Morgan fingerprint density at radius 2 is 1.08 bits per heavy atom. The number of hydrogen-bond donors (Lipinski definition) is 0. The monoisotopic (exact) mass is 316 g/mol. The van der Waals surface area contributed by atoms with E-state index in [0.717, 1.165) is 29.6 Å². The summed E-state index contributed by atoms with van der Waals surface area (Å²) in [6.07, 6.45) is 9.06. The lowest BCUT2D eigenvalue weighted by Gasteiger charge is -2.55. The minimum Gasteiger partial charge on any atom is -0.0622 e. The molecule has 24 heavy (non-hydrogen) atoms. The van der Waals surface area contributed by atoms with Crippen molar-refractivity contribution in [1.82, 2.24) is 0 Å². The Bertz CT molecular complexity index is 604. The molecule has 0 amide bonds. The summed E-state index contributed by atoms with van der Waals surface area (Å²) in [5.74, 6) is 5.75. The maximum absolute atomic E-state index is 2.34. The molecule has 6 rings (SSSR count). The van der Waals surface area contributed by atoms with Crippen LogP contribution in [0.2, 0.25) is 0 Å². The first kappa shape index (κ1) is 14.8. The molecule has 4 aliphatic rings.